The molecule has 1 saturated carbocycles. The summed E-state index contributed by atoms with van der Waals surface area (Å²) >= 11 is 0. The van der Waals surface area contributed by atoms with E-state index in [0.29, 0.717) is 6.61 Å². The zero-order chi connectivity index (χ0) is 13.7. The Morgan fingerprint density at radius 1 is 1.37 bits per heavy atom. The molecule has 1 fully saturated rings. The van der Waals surface area contributed by atoms with Gasteiger partial charge in [0.15, 0.2) is 0 Å². The quantitative estimate of drug-likeness (QED) is 0.636. The summed E-state index contributed by atoms with van der Waals surface area (Å²) in [5.41, 5.74) is 3.40. The third-order valence-electron chi connectivity index (χ3n) is 4.01. The number of nitrogens with two attached hydrogens (primary N) is 1. The Morgan fingerprint density at radius 2 is 2.11 bits per heavy atom. The molecule has 0 spiro atoms. The molecule has 1 aromatic rings. The van der Waals surface area contributed by atoms with Gasteiger partial charge in [-0.2, -0.15) is 0 Å². The van der Waals surface area contributed by atoms with Crippen molar-refractivity contribution in [3.8, 4) is 0 Å². The van der Waals surface area contributed by atoms with Gasteiger partial charge in [-0.15, -0.1) is 0 Å². The molecule has 0 saturated heterocycles. The van der Waals surface area contributed by atoms with Gasteiger partial charge in [-0.3, -0.25) is 11.3 Å². The maximum Gasteiger partial charge on any atom is 0.123 e. The fourth-order valence-corrected chi connectivity index (χ4v) is 3.19. The maximum absolute atomic E-state index is 13.4. The first-order valence-electron chi connectivity index (χ1n) is 7.07. The molecule has 0 bridgehead atoms. The SMILES string of the molecule is CCOC1(C(NN)c2cccc(F)c2)CCCCC1. The van der Waals surface area contributed by atoms with Crippen molar-refractivity contribution in [2.45, 2.75) is 50.7 Å². The minimum Gasteiger partial charge on any atom is -0.373 e. The van der Waals surface area contributed by atoms with Crippen molar-refractivity contribution in [3.63, 3.8) is 0 Å². The van der Waals surface area contributed by atoms with Crippen LogP contribution in [0.5, 0.6) is 0 Å². The van der Waals surface area contributed by atoms with E-state index >= 15 is 0 Å². The summed E-state index contributed by atoms with van der Waals surface area (Å²) in [5.74, 6) is 5.51. The van der Waals surface area contributed by atoms with Crippen molar-refractivity contribution in [3.05, 3.63) is 35.6 Å². The summed E-state index contributed by atoms with van der Waals surface area (Å²) in [6.07, 6.45) is 5.43. The zero-order valence-electron chi connectivity index (χ0n) is 11.5. The minimum absolute atomic E-state index is 0.163. The summed E-state index contributed by atoms with van der Waals surface area (Å²) in [6.45, 7) is 2.64. The Labute approximate surface area is 114 Å². The lowest BCUT2D eigenvalue weighted by molar-refractivity contribution is -0.0914. The molecule has 19 heavy (non-hydrogen) atoms. The highest BCUT2D eigenvalue weighted by Crippen LogP contribution is 2.41. The van der Waals surface area contributed by atoms with E-state index in [-0.39, 0.29) is 17.5 Å². The second kappa shape index (κ2) is 6.46. The lowest BCUT2D eigenvalue weighted by atomic mass is 9.77. The van der Waals surface area contributed by atoms with Crippen LogP contribution in [-0.4, -0.2) is 12.2 Å². The van der Waals surface area contributed by atoms with Gasteiger partial charge in [0, 0.05) is 6.61 Å². The predicted molar refractivity (Wildman–Crippen MR) is 73.9 cm³/mol. The summed E-state index contributed by atoms with van der Waals surface area (Å²) in [4.78, 5) is 0. The van der Waals surface area contributed by atoms with Gasteiger partial charge >= 0.3 is 0 Å². The van der Waals surface area contributed by atoms with Crippen molar-refractivity contribution in [1.82, 2.24) is 5.43 Å². The van der Waals surface area contributed by atoms with Crippen LogP contribution in [0, 0.1) is 5.82 Å². The number of hydrogen-bond donors (Lipinski definition) is 2. The van der Waals surface area contributed by atoms with Crippen molar-refractivity contribution in [1.29, 1.82) is 0 Å². The first-order chi connectivity index (χ1) is 9.22. The molecule has 0 radical (unpaired) electrons. The Balaban J connectivity index is 2.31. The molecule has 0 amide bonds. The zero-order valence-corrected chi connectivity index (χ0v) is 11.5. The molecule has 1 atom stereocenters. The van der Waals surface area contributed by atoms with E-state index in [0.717, 1.165) is 31.2 Å². The van der Waals surface area contributed by atoms with Crippen LogP contribution in [0.15, 0.2) is 24.3 Å². The molecule has 0 aromatic heterocycles. The number of hydrogen-bond acceptors (Lipinski definition) is 3. The second-order valence-electron chi connectivity index (χ2n) is 5.21. The highest BCUT2D eigenvalue weighted by atomic mass is 19.1. The summed E-state index contributed by atoms with van der Waals surface area (Å²) in [5, 5.41) is 0. The van der Waals surface area contributed by atoms with Crippen molar-refractivity contribution < 1.29 is 9.13 Å². The minimum atomic E-state index is -0.310. The van der Waals surface area contributed by atoms with Crippen molar-refractivity contribution in [2.24, 2.45) is 5.84 Å². The van der Waals surface area contributed by atoms with E-state index in [1.165, 1.54) is 12.5 Å². The highest BCUT2D eigenvalue weighted by molar-refractivity contribution is 5.23. The standard InChI is InChI=1S/C15H23FN2O/c1-2-19-15(9-4-3-5-10-15)14(18-17)12-7-6-8-13(16)11-12/h6-8,11,14,18H,2-5,9-10,17H2,1H3. The topological polar surface area (TPSA) is 47.3 Å². The predicted octanol–water partition coefficient (Wildman–Crippen LogP) is 3.07. The molecule has 106 valence electrons. The highest BCUT2D eigenvalue weighted by Gasteiger charge is 2.41. The molecule has 2 rings (SSSR count). The van der Waals surface area contributed by atoms with Crippen LogP contribution < -0.4 is 11.3 Å². The third kappa shape index (κ3) is 3.14. The van der Waals surface area contributed by atoms with E-state index in [4.69, 9.17) is 10.6 Å². The molecule has 0 aliphatic heterocycles. The maximum atomic E-state index is 13.4. The lowest BCUT2D eigenvalue weighted by Gasteiger charge is -2.43. The molecule has 1 aliphatic carbocycles. The fourth-order valence-electron chi connectivity index (χ4n) is 3.19. The van der Waals surface area contributed by atoms with Crippen LogP contribution >= 0.6 is 0 Å². The number of benzene rings is 1. The summed E-state index contributed by atoms with van der Waals surface area (Å²) < 4.78 is 19.5. The first-order valence-corrected chi connectivity index (χ1v) is 7.07. The average molecular weight is 266 g/mol. The molecule has 4 heteroatoms. The number of ether oxygens (including phenoxy) is 1. The van der Waals surface area contributed by atoms with Gasteiger partial charge in [0.25, 0.3) is 0 Å². The number of nitrogens with one attached hydrogen (secondary N) is 1. The van der Waals surface area contributed by atoms with E-state index in [1.54, 1.807) is 12.1 Å². The third-order valence-corrected chi connectivity index (χ3v) is 4.01. The second-order valence-corrected chi connectivity index (χ2v) is 5.21. The molecular weight excluding hydrogens is 243 g/mol. The molecule has 3 nitrogen and oxygen atoms in total. The van der Waals surface area contributed by atoms with E-state index in [1.807, 2.05) is 13.0 Å². The molecule has 1 aromatic carbocycles. The smallest absolute Gasteiger partial charge is 0.123 e. The van der Waals surface area contributed by atoms with Crippen LogP contribution in [0.25, 0.3) is 0 Å². The molecule has 0 heterocycles. The average Bonchev–Trinajstić information content (AvgIpc) is 2.41. The Morgan fingerprint density at radius 3 is 2.68 bits per heavy atom. The van der Waals surface area contributed by atoms with Crippen LogP contribution in [0.2, 0.25) is 0 Å². The molecule has 1 aliphatic rings. The summed E-state index contributed by atoms with van der Waals surface area (Å²) in [7, 11) is 0. The number of halogens is 1. The molecule has 1 unspecified atom stereocenters. The largest absolute Gasteiger partial charge is 0.373 e. The van der Waals surface area contributed by atoms with E-state index in [9.17, 15) is 4.39 Å². The van der Waals surface area contributed by atoms with Gasteiger partial charge in [-0.05, 0) is 37.5 Å². The normalized spacial score (nSPS) is 20.2. The monoisotopic (exact) mass is 266 g/mol. The Bertz CT molecular complexity index is 399. The van der Waals surface area contributed by atoms with Gasteiger partial charge < -0.3 is 4.74 Å². The van der Waals surface area contributed by atoms with Gasteiger partial charge in [0.2, 0.25) is 0 Å². The van der Waals surface area contributed by atoms with E-state index < -0.39 is 0 Å². The van der Waals surface area contributed by atoms with Gasteiger partial charge in [-0.25, -0.2) is 4.39 Å². The lowest BCUT2D eigenvalue weighted by Crippen LogP contribution is -2.49. The van der Waals surface area contributed by atoms with Gasteiger partial charge in [0.05, 0.1) is 11.6 Å². The van der Waals surface area contributed by atoms with Crippen LogP contribution in [0.3, 0.4) is 0 Å². The van der Waals surface area contributed by atoms with Crippen LogP contribution in [0.1, 0.15) is 50.6 Å². The number of rotatable bonds is 5. The fraction of sp³-hybridized carbons (Fsp3) is 0.600. The first kappa shape index (κ1) is 14.4. The summed E-state index contributed by atoms with van der Waals surface area (Å²) in [6, 6.07) is 6.45. The Hall–Kier alpha value is -0.970. The van der Waals surface area contributed by atoms with Gasteiger partial charge in [0.1, 0.15) is 5.82 Å². The number of hydrazine groups is 1. The van der Waals surface area contributed by atoms with Crippen molar-refractivity contribution in [2.75, 3.05) is 6.61 Å². The molecule has 3 N–H and O–H groups in total. The van der Waals surface area contributed by atoms with E-state index in [2.05, 4.69) is 5.43 Å². The van der Waals surface area contributed by atoms with Gasteiger partial charge in [-0.1, -0.05) is 31.4 Å². The Kier molecular flexibility index (Phi) is 4.91. The molecular formula is C15H23FN2O. The van der Waals surface area contributed by atoms with Crippen LogP contribution in [0.4, 0.5) is 4.39 Å². The van der Waals surface area contributed by atoms with Crippen LogP contribution in [-0.2, 0) is 4.74 Å². The van der Waals surface area contributed by atoms with Crippen molar-refractivity contribution >= 4 is 0 Å².